The van der Waals surface area contributed by atoms with Gasteiger partial charge in [-0.1, -0.05) is 0 Å². The monoisotopic (exact) mass is 293 g/mol. The van der Waals surface area contributed by atoms with E-state index in [1.165, 1.54) is 14.0 Å². The van der Waals surface area contributed by atoms with E-state index in [9.17, 15) is 15.0 Å². The standard InChI is InChI=1S/C16H23NO4/c1-9-7-13(21-4)15(10(2)18)16(20)14(9)11-5-6-17(3)8-12(11)19/h7,11-12,19-20H,5-6,8H2,1-4H3/t11?,12-/m1/s1. The maximum atomic E-state index is 11.8. The van der Waals surface area contributed by atoms with Crippen molar-refractivity contribution in [1.82, 2.24) is 4.90 Å². The van der Waals surface area contributed by atoms with Crippen LogP contribution >= 0.6 is 0 Å². The summed E-state index contributed by atoms with van der Waals surface area (Å²) in [5.74, 6) is -0.0742. The lowest BCUT2D eigenvalue weighted by Crippen LogP contribution is -2.40. The molecule has 2 N–H and O–H groups in total. The maximum absolute atomic E-state index is 11.8. The fraction of sp³-hybridized carbons (Fsp3) is 0.562. The number of aliphatic hydroxyl groups excluding tert-OH is 1. The highest BCUT2D eigenvalue weighted by molar-refractivity contribution is 6.00. The van der Waals surface area contributed by atoms with Crippen molar-refractivity contribution in [1.29, 1.82) is 0 Å². The fourth-order valence-corrected chi connectivity index (χ4v) is 3.18. The highest BCUT2D eigenvalue weighted by Gasteiger charge is 2.32. The zero-order valence-electron chi connectivity index (χ0n) is 13.0. The van der Waals surface area contributed by atoms with Gasteiger partial charge in [0.1, 0.15) is 17.1 Å². The SMILES string of the molecule is COc1cc(C)c(C2CCN(C)C[C@H]2O)c(O)c1C(C)=O. The number of methoxy groups -OCH3 is 1. The number of ether oxygens (including phenoxy) is 1. The molecule has 1 unspecified atom stereocenters. The largest absolute Gasteiger partial charge is 0.507 e. The van der Waals surface area contributed by atoms with Crippen LogP contribution in [0.15, 0.2) is 6.07 Å². The third kappa shape index (κ3) is 2.89. The van der Waals surface area contributed by atoms with Gasteiger partial charge < -0.3 is 19.8 Å². The first kappa shape index (κ1) is 15.8. The number of aryl methyl sites for hydroxylation is 1. The first-order chi connectivity index (χ1) is 9.86. The molecule has 1 saturated heterocycles. The lowest BCUT2D eigenvalue weighted by Gasteiger charge is -2.35. The Kier molecular flexibility index (Phi) is 4.54. The van der Waals surface area contributed by atoms with Crippen molar-refractivity contribution in [3.63, 3.8) is 0 Å². The number of nitrogens with zero attached hydrogens (tertiary/aromatic N) is 1. The normalized spacial score (nSPS) is 23.1. The van der Waals surface area contributed by atoms with Crippen LogP contribution in [0.1, 0.15) is 40.7 Å². The van der Waals surface area contributed by atoms with Crippen molar-refractivity contribution in [3.8, 4) is 11.5 Å². The second-order valence-electron chi connectivity index (χ2n) is 5.81. The molecule has 2 atom stereocenters. The molecule has 116 valence electrons. The quantitative estimate of drug-likeness (QED) is 0.830. The van der Waals surface area contributed by atoms with Gasteiger partial charge in [-0.3, -0.25) is 4.79 Å². The van der Waals surface area contributed by atoms with Crippen LogP contribution < -0.4 is 4.74 Å². The van der Waals surface area contributed by atoms with E-state index in [1.807, 2.05) is 14.0 Å². The number of rotatable bonds is 3. The molecule has 0 spiro atoms. The molecule has 0 aliphatic carbocycles. The zero-order chi connectivity index (χ0) is 15.7. The summed E-state index contributed by atoms with van der Waals surface area (Å²) >= 11 is 0. The van der Waals surface area contributed by atoms with Gasteiger partial charge in [0.15, 0.2) is 5.78 Å². The average molecular weight is 293 g/mol. The Bertz CT molecular complexity index is 556. The highest BCUT2D eigenvalue weighted by Crippen LogP contribution is 2.42. The Morgan fingerprint density at radius 3 is 2.67 bits per heavy atom. The van der Waals surface area contributed by atoms with Gasteiger partial charge in [-0.05, 0) is 45.5 Å². The fourth-order valence-electron chi connectivity index (χ4n) is 3.18. The minimum atomic E-state index is -0.554. The van der Waals surface area contributed by atoms with Crippen molar-refractivity contribution in [2.45, 2.75) is 32.3 Å². The van der Waals surface area contributed by atoms with Gasteiger partial charge >= 0.3 is 0 Å². The number of Topliss-reactive ketones (excluding diaryl/α,β-unsaturated/α-hetero) is 1. The molecule has 0 amide bonds. The first-order valence-electron chi connectivity index (χ1n) is 7.14. The summed E-state index contributed by atoms with van der Waals surface area (Å²) in [7, 11) is 3.44. The van der Waals surface area contributed by atoms with E-state index >= 15 is 0 Å². The molecule has 5 heteroatoms. The van der Waals surface area contributed by atoms with Crippen LogP contribution in [-0.2, 0) is 0 Å². The summed E-state index contributed by atoms with van der Waals surface area (Å²) in [5.41, 5.74) is 1.70. The van der Waals surface area contributed by atoms with E-state index in [1.54, 1.807) is 6.07 Å². The second kappa shape index (κ2) is 6.03. The Morgan fingerprint density at radius 2 is 2.14 bits per heavy atom. The molecular formula is C16H23NO4. The van der Waals surface area contributed by atoms with Crippen LogP contribution in [0.5, 0.6) is 11.5 Å². The maximum Gasteiger partial charge on any atom is 0.167 e. The molecule has 0 aromatic heterocycles. The number of phenols is 1. The van der Waals surface area contributed by atoms with Crippen molar-refractivity contribution < 1.29 is 19.7 Å². The van der Waals surface area contributed by atoms with Crippen LogP contribution in [-0.4, -0.2) is 54.2 Å². The number of likely N-dealkylation sites (N-methyl/N-ethyl adjacent to an activating group) is 1. The molecule has 0 bridgehead atoms. The molecule has 0 radical (unpaired) electrons. The smallest absolute Gasteiger partial charge is 0.167 e. The number of aromatic hydroxyl groups is 1. The highest BCUT2D eigenvalue weighted by atomic mass is 16.5. The number of phenolic OH excluding ortho intramolecular Hbond substituents is 1. The topological polar surface area (TPSA) is 70.0 Å². The van der Waals surface area contributed by atoms with Crippen LogP contribution in [0, 0.1) is 6.92 Å². The van der Waals surface area contributed by atoms with Crippen LogP contribution in [0.2, 0.25) is 0 Å². The van der Waals surface area contributed by atoms with Crippen LogP contribution in [0.3, 0.4) is 0 Å². The molecule has 0 saturated carbocycles. The molecule has 1 aliphatic heterocycles. The molecular weight excluding hydrogens is 270 g/mol. The van der Waals surface area contributed by atoms with Crippen molar-refractivity contribution >= 4 is 5.78 Å². The Hall–Kier alpha value is -1.59. The molecule has 5 nitrogen and oxygen atoms in total. The van der Waals surface area contributed by atoms with E-state index in [-0.39, 0.29) is 23.0 Å². The number of piperidine rings is 1. The predicted molar refractivity (Wildman–Crippen MR) is 80.3 cm³/mol. The number of β-amino-alcohol motifs (C(OH)–C–C–N with tert-alkyl or cyclic N) is 1. The van der Waals surface area contributed by atoms with E-state index in [4.69, 9.17) is 4.74 Å². The van der Waals surface area contributed by atoms with E-state index in [2.05, 4.69) is 4.90 Å². The van der Waals surface area contributed by atoms with Crippen molar-refractivity contribution in [3.05, 3.63) is 22.8 Å². The van der Waals surface area contributed by atoms with Gasteiger partial charge in [0.05, 0.1) is 13.2 Å². The van der Waals surface area contributed by atoms with E-state index in [0.717, 1.165) is 18.5 Å². The van der Waals surface area contributed by atoms with Crippen LogP contribution in [0.4, 0.5) is 0 Å². The minimum absolute atomic E-state index is 0.0482. The summed E-state index contributed by atoms with van der Waals surface area (Å²) in [4.78, 5) is 13.9. The van der Waals surface area contributed by atoms with Gasteiger partial charge in [-0.25, -0.2) is 0 Å². The Balaban J connectivity index is 2.54. The van der Waals surface area contributed by atoms with E-state index < -0.39 is 6.10 Å². The summed E-state index contributed by atoms with van der Waals surface area (Å²) < 4.78 is 5.20. The minimum Gasteiger partial charge on any atom is -0.507 e. The zero-order valence-corrected chi connectivity index (χ0v) is 13.0. The summed E-state index contributed by atoms with van der Waals surface area (Å²) in [6, 6.07) is 1.76. The molecule has 1 aromatic rings. The average Bonchev–Trinajstić information content (AvgIpc) is 2.39. The summed E-state index contributed by atoms with van der Waals surface area (Å²) in [5, 5.41) is 20.9. The molecule has 1 fully saturated rings. The molecule has 2 rings (SSSR count). The number of carbonyl (C=O) groups excluding carboxylic acids is 1. The molecule has 1 aromatic carbocycles. The number of carbonyl (C=O) groups is 1. The summed E-state index contributed by atoms with van der Waals surface area (Å²) in [6.07, 6.45) is 0.192. The lowest BCUT2D eigenvalue weighted by atomic mass is 9.82. The van der Waals surface area contributed by atoms with Gasteiger partial charge in [-0.2, -0.15) is 0 Å². The third-order valence-corrected chi connectivity index (χ3v) is 4.24. The number of hydrogen-bond donors (Lipinski definition) is 2. The first-order valence-corrected chi connectivity index (χ1v) is 7.14. The molecule has 1 heterocycles. The number of ketones is 1. The molecule has 1 aliphatic rings. The molecule has 21 heavy (non-hydrogen) atoms. The van der Waals surface area contributed by atoms with Gasteiger partial charge in [0, 0.05) is 18.0 Å². The number of hydrogen-bond acceptors (Lipinski definition) is 5. The third-order valence-electron chi connectivity index (χ3n) is 4.24. The summed E-state index contributed by atoms with van der Waals surface area (Å²) in [6.45, 7) is 4.68. The van der Waals surface area contributed by atoms with Gasteiger partial charge in [-0.15, -0.1) is 0 Å². The number of likely N-dealkylation sites (tertiary alicyclic amines) is 1. The Morgan fingerprint density at radius 1 is 1.48 bits per heavy atom. The van der Waals surface area contributed by atoms with E-state index in [0.29, 0.717) is 17.9 Å². The van der Waals surface area contributed by atoms with Crippen LogP contribution in [0.25, 0.3) is 0 Å². The second-order valence-corrected chi connectivity index (χ2v) is 5.81. The van der Waals surface area contributed by atoms with Gasteiger partial charge in [0.2, 0.25) is 0 Å². The van der Waals surface area contributed by atoms with Gasteiger partial charge in [0.25, 0.3) is 0 Å². The number of aliphatic hydroxyl groups is 1. The Labute approximate surface area is 125 Å². The number of benzene rings is 1. The van der Waals surface area contributed by atoms with Crippen molar-refractivity contribution in [2.75, 3.05) is 27.2 Å². The lowest BCUT2D eigenvalue weighted by molar-refractivity contribution is 0.0626. The van der Waals surface area contributed by atoms with Crippen molar-refractivity contribution in [2.24, 2.45) is 0 Å². The predicted octanol–water partition coefficient (Wildman–Crippen LogP) is 1.69.